The molecule has 0 heterocycles. The number of hydrogen-bond donors (Lipinski definition) is 1. The first-order valence-electron chi connectivity index (χ1n) is 4.02. The van der Waals surface area contributed by atoms with Crippen LogP contribution in [0.15, 0.2) is 18.2 Å². The van der Waals surface area contributed by atoms with Crippen LogP contribution in [0.2, 0.25) is 0 Å². The van der Waals surface area contributed by atoms with Gasteiger partial charge in [0.2, 0.25) is 0 Å². The van der Waals surface area contributed by atoms with E-state index in [4.69, 9.17) is 5.11 Å². The van der Waals surface area contributed by atoms with Gasteiger partial charge in [-0.15, -0.1) is 0 Å². The molecule has 4 nitrogen and oxygen atoms in total. The molecule has 1 aromatic carbocycles. The first-order valence-corrected chi connectivity index (χ1v) is 4.02. The summed E-state index contributed by atoms with van der Waals surface area (Å²) >= 11 is 0. The monoisotopic (exact) mass is 190 g/mol. The lowest BCUT2D eigenvalue weighted by atomic mass is 10.1. The van der Waals surface area contributed by atoms with Gasteiger partial charge in [-0.3, -0.25) is 9.59 Å². The molecule has 0 spiro atoms. The predicted molar refractivity (Wildman–Crippen MR) is 46.3 cm³/mol. The molecule has 1 aromatic rings. The van der Waals surface area contributed by atoms with Crippen LogP contribution in [0.1, 0.15) is 20.7 Å². The van der Waals surface area contributed by atoms with Crippen molar-refractivity contribution in [3.8, 4) is 5.75 Å². The number of phenolic OH excluding ortho intramolecular Hbond substituents is 1. The third kappa shape index (κ3) is 0.970. The topological polar surface area (TPSA) is 71.4 Å². The van der Waals surface area contributed by atoms with E-state index in [-0.39, 0.29) is 16.9 Å². The van der Waals surface area contributed by atoms with Gasteiger partial charge in [0, 0.05) is 11.1 Å². The summed E-state index contributed by atoms with van der Waals surface area (Å²) in [6.07, 6.45) is 0.335. The fraction of sp³-hybridized carbons (Fsp3) is 0.100. The van der Waals surface area contributed by atoms with Gasteiger partial charge in [0.25, 0.3) is 0 Å². The van der Waals surface area contributed by atoms with Crippen molar-refractivity contribution in [1.29, 1.82) is 0 Å². The van der Waals surface area contributed by atoms with Gasteiger partial charge in [-0.2, -0.15) is 0 Å². The minimum Gasteiger partial charge on any atom is -0.508 e. The molecule has 1 unspecified atom stereocenters. The Morgan fingerprint density at radius 1 is 1.14 bits per heavy atom. The zero-order valence-electron chi connectivity index (χ0n) is 7.06. The van der Waals surface area contributed by atoms with E-state index in [2.05, 4.69) is 0 Å². The fourth-order valence-corrected chi connectivity index (χ4v) is 1.53. The van der Waals surface area contributed by atoms with Gasteiger partial charge >= 0.3 is 0 Å². The van der Waals surface area contributed by atoms with Crippen LogP contribution >= 0.6 is 0 Å². The number of carbonyl (C=O) groups is 3. The molecule has 0 fully saturated rings. The molecule has 0 saturated heterocycles. The number of phenols is 1. The standard InChI is InChI=1S/C10H6O4/c11-4-8-9(13)6-2-1-5(12)3-7(6)10(8)14/h1-4,8,12H. The quantitative estimate of drug-likeness (QED) is 0.519. The van der Waals surface area contributed by atoms with Crippen molar-refractivity contribution in [2.24, 2.45) is 5.92 Å². The number of rotatable bonds is 1. The minimum absolute atomic E-state index is 0.0866. The third-order valence-corrected chi connectivity index (χ3v) is 2.24. The van der Waals surface area contributed by atoms with E-state index >= 15 is 0 Å². The van der Waals surface area contributed by atoms with Gasteiger partial charge in [-0.25, -0.2) is 0 Å². The number of carbonyl (C=O) groups excluding carboxylic acids is 3. The Morgan fingerprint density at radius 3 is 2.43 bits per heavy atom. The molecule has 14 heavy (non-hydrogen) atoms. The second-order valence-corrected chi connectivity index (χ2v) is 3.07. The van der Waals surface area contributed by atoms with Crippen LogP contribution in [0.5, 0.6) is 5.75 Å². The first-order chi connectivity index (χ1) is 6.65. The lowest BCUT2D eigenvalue weighted by Crippen LogP contribution is -2.15. The maximum absolute atomic E-state index is 11.4. The van der Waals surface area contributed by atoms with E-state index < -0.39 is 17.5 Å². The Labute approximate surface area is 79.2 Å². The SMILES string of the molecule is O=CC1C(=O)c2ccc(O)cc2C1=O. The van der Waals surface area contributed by atoms with Gasteiger partial charge in [-0.1, -0.05) is 0 Å². The van der Waals surface area contributed by atoms with Crippen molar-refractivity contribution >= 4 is 17.9 Å². The summed E-state index contributed by atoms with van der Waals surface area (Å²) in [5.74, 6) is -2.32. The molecule has 1 N–H and O–H groups in total. The van der Waals surface area contributed by atoms with Gasteiger partial charge < -0.3 is 9.90 Å². The van der Waals surface area contributed by atoms with Gasteiger partial charge in [-0.05, 0) is 18.2 Å². The second kappa shape index (κ2) is 2.77. The van der Waals surface area contributed by atoms with Crippen LogP contribution in [0.25, 0.3) is 0 Å². The van der Waals surface area contributed by atoms with Crippen molar-refractivity contribution in [2.75, 3.05) is 0 Å². The largest absolute Gasteiger partial charge is 0.508 e. The van der Waals surface area contributed by atoms with Gasteiger partial charge in [0.1, 0.15) is 18.0 Å². The van der Waals surface area contributed by atoms with Crippen LogP contribution in [-0.4, -0.2) is 23.0 Å². The first kappa shape index (κ1) is 8.62. The van der Waals surface area contributed by atoms with E-state index in [0.29, 0.717) is 6.29 Å². The lowest BCUT2D eigenvalue weighted by molar-refractivity contribution is -0.108. The van der Waals surface area contributed by atoms with Crippen LogP contribution < -0.4 is 0 Å². The molecular formula is C10H6O4. The number of hydrogen-bond acceptors (Lipinski definition) is 4. The Balaban J connectivity index is 2.64. The molecule has 0 amide bonds. The summed E-state index contributed by atoms with van der Waals surface area (Å²) in [5, 5.41) is 9.11. The summed E-state index contributed by atoms with van der Waals surface area (Å²) in [6.45, 7) is 0. The molecule has 0 aromatic heterocycles. The highest BCUT2D eigenvalue weighted by molar-refractivity contribution is 6.32. The summed E-state index contributed by atoms with van der Waals surface area (Å²) in [4.78, 5) is 33.3. The number of aldehydes is 1. The molecule has 70 valence electrons. The molecule has 4 heteroatoms. The zero-order valence-corrected chi connectivity index (χ0v) is 7.06. The van der Waals surface area contributed by atoms with Crippen LogP contribution in [-0.2, 0) is 4.79 Å². The van der Waals surface area contributed by atoms with Gasteiger partial charge in [0.05, 0.1) is 0 Å². The van der Waals surface area contributed by atoms with E-state index in [1.807, 2.05) is 0 Å². The highest BCUT2D eigenvalue weighted by Gasteiger charge is 2.38. The summed E-state index contributed by atoms with van der Waals surface area (Å²) in [5.41, 5.74) is 0.344. The fourth-order valence-electron chi connectivity index (χ4n) is 1.53. The molecule has 2 rings (SSSR count). The van der Waals surface area contributed by atoms with Crippen LogP contribution in [0.4, 0.5) is 0 Å². The molecule has 1 atom stereocenters. The van der Waals surface area contributed by atoms with Crippen LogP contribution in [0, 0.1) is 5.92 Å². The highest BCUT2D eigenvalue weighted by atomic mass is 16.3. The average molecular weight is 190 g/mol. The summed E-state index contributed by atoms with van der Waals surface area (Å²) in [7, 11) is 0. The molecule has 0 aliphatic heterocycles. The number of fused-ring (bicyclic) bond motifs is 1. The van der Waals surface area contributed by atoms with E-state index in [1.165, 1.54) is 18.2 Å². The molecule has 0 radical (unpaired) electrons. The Morgan fingerprint density at radius 2 is 1.79 bits per heavy atom. The average Bonchev–Trinajstić information content (AvgIpc) is 2.39. The summed E-state index contributed by atoms with van der Waals surface area (Å²) < 4.78 is 0. The van der Waals surface area contributed by atoms with E-state index in [1.54, 1.807) is 0 Å². The second-order valence-electron chi connectivity index (χ2n) is 3.07. The normalized spacial score (nSPS) is 19.6. The summed E-state index contributed by atoms with van der Waals surface area (Å²) in [6, 6.07) is 3.88. The smallest absolute Gasteiger partial charge is 0.181 e. The predicted octanol–water partition coefficient (Wildman–Crippen LogP) is 0.586. The van der Waals surface area contributed by atoms with Crippen molar-refractivity contribution in [3.05, 3.63) is 29.3 Å². The minimum atomic E-state index is -1.22. The zero-order chi connectivity index (χ0) is 10.3. The molecule has 0 saturated carbocycles. The van der Waals surface area contributed by atoms with E-state index in [0.717, 1.165) is 0 Å². The Kier molecular flexibility index (Phi) is 1.70. The number of ketones is 2. The maximum Gasteiger partial charge on any atom is 0.181 e. The number of Topliss-reactive ketones (excluding diaryl/α,β-unsaturated/α-hetero) is 2. The van der Waals surface area contributed by atoms with Crippen molar-refractivity contribution in [1.82, 2.24) is 0 Å². The highest BCUT2D eigenvalue weighted by Crippen LogP contribution is 2.28. The van der Waals surface area contributed by atoms with E-state index in [9.17, 15) is 14.4 Å². The molecule has 1 aliphatic carbocycles. The Hall–Kier alpha value is -1.97. The number of benzene rings is 1. The molecule has 0 bridgehead atoms. The maximum atomic E-state index is 11.4. The van der Waals surface area contributed by atoms with Crippen molar-refractivity contribution in [2.45, 2.75) is 0 Å². The van der Waals surface area contributed by atoms with Crippen molar-refractivity contribution < 1.29 is 19.5 Å². The molecular weight excluding hydrogens is 184 g/mol. The lowest BCUT2D eigenvalue weighted by Gasteiger charge is -1.95. The molecule has 1 aliphatic rings. The van der Waals surface area contributed by atoms with Crippen molar-refractivity contribution in [3.63, 3.8) is 0 Å². The Bertz CT molecular complexity index is 447. The van der Waals surface area contributed by atoms with Crippen LogP contribution in [0.3, 0.4) is 0 Å². The van der Waals surface area contributed by atoms with Gasteiger partial charge in [0.15, 0.2) is 11.6 Å². The third-order valence-electron chi connectivity index (χ3n) is 2.24. The number of aromatic hydroxyl groups is 1.